The molecule has 1 aliphatic carbocycles. The quantitative estimate of drug-likeness (QED) is 0.517. The van der Waals surface area contributed by atoms with Crippen LogP contribution in [0.5, 0.6) is 0 Å². The maximum Gasteiger partial charge on any atom is 0.0159 e. The predicted molar refractivity (Wildman–Crippen MR) is 43.6 cm³/mol. The Morgan fingerprint density at radius 1 is 1.50 bits per heavy atom. The Kier molecular flexibility index (Phi) is 2.01. The molecule has 0 bridgehead atoms. The molecule has 0 aromatic heterocycles. The van der Waals surface area contributed by atoms with Gasteiger partial charge in [0.1, 0.15) is 0 Å². The lowest BCUT2D eigenvalue weighted by Gasteiger charge is -2.07. The van der Waals surface area contributed by atoms with Crippen molar-refractivity contribution in [3.8, 4) is 12.3 Å². The molecule has 0 N–H and O–H groups in total. The Morgan fingerprint density at radius 3 is 2.40 bits per heavy atom. The van der Waals surface area contributed by atoms with Crippen LogP contribution in [0.4, 0.5) is 0 Å². The van der Waals surface area contributed by atoms with E-state index in [9.17, 15) is 0 Å². The van der Waals surface area contributed by atoms with Crippen molar-refractivity contribution in [3.05, 3.63) is 0 Å². The lowest BCUT2D eigenvalue weighted by Crippen LogP contribution is -2.16. The summed E-state index contributed by atoms with van der Waals surface area (Å²) in [4.78, 5) is 2.27. The first kappa shape index (κ1) is 7.63. The van der Waals surface area contributed by atoms with Crippen molar-refractivity contribution < 1.29 is 0 Å². The van der Waals surface area contributed by atoms with Crippen molar-refractivity contribution in [2.45, 2.75) is 19.4 Å². The maximum absolute atomic E-state index is 5.23. The van der Waals surface area contributed by atoms with Crippen LogP contribution in [0.25, 0.3) is 0 Å². The van der Waals surface area contributed by atoms with Crippen LogP contribution in [-0.4, -0.2) is 25.0 Å². The predicted octanol–water partition coefficient (Wildman–Crippen LogP) is 1.21. The fourth-order valence-electron chi connectivity index (χ4n) is 1.82. The monoisotopic (exact) mass is 137 g/mol. The van der Waals surface area contributed by atoms with Crippen molar-refractivity contribution >= 4 is 0 Å². The Morgan fingerprint density at radius 2 is 2.10 bits per heavy atom. The van der Waals surface area contributed by atoms with E-state index in [1.54, 1.807) is 0 Å². The van der Waals surface area contributed by atoms with Gasteiger partial charge in [-0.3, -0.25) is 0 Å². The summed E-state index contributed by atoms with van der Waals surface area (Å²) < 4.78 is 0. The molecule has 0 aromatic carbocycles. The molecular weight excluding hydrogens is 122 g/mol. The third kappa shape index (κ3) is 1.17. The molecule has 0 saturated heterocycles. The summed E-state index contributed by atoms with van der Waals surface area (Å²) in [5.74, 6) is 4.29. The van der Waals surface area contributed by atoms with E-state index in [0.29, 0.717) is 0 Å². The van der Waals surface area contributed by atoms with E-state index in [-0.39, 0.29) is 0 Å². The molecule has 1 aliphatic rings. The minimum atomic E-state index is 0.746. The largest absolute Gasteiger partial charge is 0.306 e. The van der Waals surface area contributed by atoms with Crippen LogP contribution in [0.3, 0.4) is 0 Å². The number of nitrogens with zero attached hydrogens (tertiary/aromatic N) is 1. The topological polar surface area (TPSA) is 3.24 Å². The summed E-state index contributed by atoms with van der Waals surface area (Å²) in [5, 5.41) is 0. The third-order valence-corrected chi connectivity index (χ3v) is 2.46. The highest BCUT2D eigenvalue weighted by Gasteiger charge is 2.46. The van der Waals surface area contributed by atoms with E-state index in [1.165, 1.54) is 0 Å². The summed E-state index contributed by atoms with van der Waals surface area (Å²) in [7, 11) is 4.25. The minimum absolute atomic E-state index is 0.746. The fourth-order valence-corrected chi connectivity index (χ4v) is 1.82. The molecule has 1 fully saturated rings. The van der Waals surface area contributed by atoms with Gasteiger partial charge in [0.05, 0.1) is 0 Å². The van der Waals surface area contributed by atoms with E-state index in [4.69, 9.17) is 6.42 Å². The summed E-state index contributed by atoms with van der Waals surface area (Å²) in [6.45, 7) is 2.27. The lowest BCUT2D eigenvalue weighted by atomic mass is 10.2. The van der Waals surface area contributed by atoms with E-state index in [2.05, 4.69) is 31.8 Å². The first-order chi connectivity index (χ1) is 4.68. The Balaban J connectivity index is 2.35. The fraction of sp³-hybridized carbons (Fsp3) is 0.778. The van der Waals surface area contributed by atoms with Crippen LogP contribution in [0.15, 0.2) is 0 Å². The van der Waals surface area contributed by atoms with E-state index in [0.717, 1.165) is 24.3 Å². The van der Waals surface area contributed by atoms with Crippen molar-refractivity contribution in [2.24, 2.45) is 11.8 Å². The van der Waals surface area contributed by atoms with Gasteiger partial charge >= 0.3 is 0 Å². The number of hydrogen-bond acceptors (Lipinski definition) is 1. The standard InChI is InChI=1S/C9H15N/c1-5-6-8-7(2)9(8)10(3)4/h1,7-9H,6H2,2-4H3. The summed E-state index contributed by atoms with van der Waals surface area (Å²) in [6.07, 6.45) is 6.17. The van der Waals surface area contributed by atoms with Gasteiger partial charge in [0.25, 0.3) is 0 Å². The highest BCUT2D eigenvalue weighted by molar-refractivity contribution is 5.05. The van der Waals surface area contributed by atoms with Crippen LogP contribution in [0.2, 0.25) is 0 Å². The SMILES string of the molecule is C#CCC1C(C)C1N(C)C. The summed E-state index contributed by atoms with van der Waals surface area (Å²) in [5.41, 5.74) is 0. The second-order valence-electron chi connectivity index (χ2n) is 3.39. The molecule has 0 heterocycles. The molecule has 1 rings (SSSR count). The molecule has 0 aromatic rings. The Labute approximate surface area is 63.4 Å². The maximum atomic E-state index is 5.23. The molecule has 1 nitrogen and oxygen atoms in total. The average molecular weight is 137 g/mol. The molecular formula is C9H15N. The highest BCUT2D eigenvalue weighted by atomic mass is 15.1. The average Bonchev–Trinajstić information content (AvgIpc) is 2.43. The molecule has 10 heavy (non-hydrogen) atoms. The lowest BCUT2D eigenvalue weighted by molar-refractivity contribution is 0.369. The van der Waals surface area contributed by atoms with Gasteiger partial charge in [0, 0.05) is 12.5 Å². The van der Waals surface area contributed by atoms with Crippen LogP contribution in [-0.2, 0) is 0 Å². The zero-order valence-electron chi connectivity index (χ0n) is 6.96. The van der Waals surface area contributed by atoms with Gasteiger partial charge in [-0.1, -0.05) is 6.92 Å². The van der Waals surface area contributed by atoms with Gasteiger partial charge in [-0.25, -0.2) is 0 Å². The van der Waals surface area contributed by atoms with Crippen LogP contribution < -0.4 is 0 Å². The first-order valence-electron chi connectivity index (χ1n) is 3.78. The second kappa shape index (κ2) is 2.64. The molecule has 3 atom stereocenters. The van der Waals surface area contributed by atoms with Gasteiger partial charge in [0.15, 0.2) is 0 Å². The number of terminal acetylenes is 1. The minimum Gasteiger partial charge on any atom is -0.306 e. The second-order valence-corrected chi connectivity index (χ2v) is 3.39. The van der Waals surface area contributed by atoms with Crippen molar-refractivity contribution in [1.29, 1.82) is 0 Å². The summed E-state index contributed by atoms with van der Waals surface area (Å²) >= 11 is 0. The Bertz CT molecular complexity index is 155. The van der Waals surface area contributed by atoms with Gasteiger partial charge in [-0.2, -0.15) is 0 Å². The zero-order valence-corrected chi connectivity index (χ0v) is 6.96. The molecule has 1 saturated carbocycles. The van der Waals surface area contributed by atoms with Gasteiger partial charge in [-0.15, -0.1) is 12.3 Å². The van der Waals surface area contributed by atoms with Crippen molar-refractivity contribution in [3.63, 3.8) is 0 Å². The first-order valence-corrected chi connectivity index (χ1v) is 3.78. The van der Waals surface area contributed by atoms with Crippen molar-refractivity contribution in [1.82, 2.24) is 4.90 Å². The molecule has 0 aliphatic heterocycles. The third-order valence-electron chi connectivity index (χ3n) is 2.46. The van der Waals surface area contributed by atoms with E-state index >= 15 is 0 Å². The molecule has 0 radical (unpaired) electrons. The van der Waals surface area contributed by atoms with Gasteiger partial charge in [-0.05, 0) is 25.9 Å². The molecule has 1 heteroatoms. The number of rotatable bonds is 2. The van der Waals surface area contributed by atoms with Crippen LogP contribution >= 0.6 is 0 Å². The smallest absolute Gasteiger partial charge is 0.0159 e. The van der Waals surface area contributed by atoms with Crippen molar-refractivity contribution in [2.75, 3.05) is 14.1 Å². The van der Waals surface area contributed by atoms with E-state index < -0.39 is 0 Å². The van der Waals surface area contributed by atoms with Gasteiger partial charge in [0.2, 0.25) is 0 Å². The molecule has 56 valence electrons. The van der Waals surface area contributed by atoms with Gasteiger partial charge < -0.3 is 4.90 Å². The molecule has 0 amide bonds. The van der Waals surface area contributed by atoms with E-state index in [1.807, 2.05) is 0 Å². The number of hydrogen-bond donors (Lipinski definition) is 0. The normalized spacial score (nSPS) is 37.7. The highest BCUT2D eigenvalue weighted by Crippen LogP contribution is 2.43. The van der Waals surface area contributed by atoms with Crippen LogP contribution in [0, 0.1) is 24.2 Å². The Hall–Kier alpha value is -0.480. The molecule has 3 unspecified atom stereocenters. The summed E-state index contributed by atoms with van der Waals surface area (Å²) in [6, 6.07) is 0.746. The zero-order chi connectivity index (χ0) is 7.72. The van der Waals surface area contributed by atoms with Crippen LogP contribution in [0.1, 0.15) is 13.3 Å². The molecule has 0 spiro atoms.